The van der Waals surface area contributed by atoms with Crippen LogP contribution in [0, 0.1) is 11.6 Å². The van der Waals surface area contributed by atoms with E-state index in [0.717, 1.165) is 12.1 Å². The normalized spacial score (nSPS) is 14.5. The quantitative estimate of drug-likeness (QED) is 0.767. The van der Waals surface area contributed by atoms with Crippen LogP contribution in [0.25, 0.3) is 0 Å². The highest BCUT2D eigenvalue weighted by Crippen LogP contribution is 2.24. The van der Waals surface area contributed by atoms with E-state index in [-0.39, 0.29) is 29.8 Å². The van der Waals surface area contributed by atoms with Crippen LogP contribution in [0.5, 0.6) is 5.75 Å². The number of amides is 3. The van der Waals surface area contributed by atoms with Gasteiger partial charge in [-0.05, 0) is 44.2 Å². The van der Waals surface area contributed by atoms with Gasteiger partial charge in [0.2, 0.25) is 0 Å². The molecule has 0 aromatic heterocycles. The topological polar surface area (TPSA) is 70.7 Å². The van der Waals surface area contributed by atoms with E-state index >= 15 is 0 Å². The Balaban J connectivity index is 1.56. The molecule has 1 fully saturated rings. The average molecular weight is 417 g/mol. The number of benzene rings is 2. The van der Waals surface area contributed by atoms with Gasteiger partial charge in [0.05, 0.1) is 0 Å². The zero-order chi connectivity index (χ0) is 21.7. The molecule has 0 spiro atoms. The first-order valence-corrected chi connectivity index (χ1v) is 9.90. The number of rotatable bonds is 5. The minimum Gasteiger partial charge on any atom is -0.487 e. The fourth-order valence-corrected chi connectivity index (χ4v) is 3.27. The number of nitrogens with zero attached hydrogens (tertiary/aromatic N) is 1. The average Bonchev–Trinajstić information content (AvgIpc) is 2.69. The fraction of sp³-hybridized carbons (Fsp3) is 0.364. The van der Waals surface area contributed by atoms with E-state index < -0.39 is 11.6 Å². The first kappa shape index (κ1) is 21.5. The lowest BCUT2D eigenvalue weighted by Gasteiger charge is -2.32. The van der Waals surface area contributed by atoms with Crippen molar-refractivity contribution in [2.45, 2.75) is 38.8 Å². The molecule has 6 nitrogen and oxygen atoms in total. The van der Waals surface area contributed by atoms with E-state index in [4.69, 9.17) is 4.74 Å². The Labute approximate surface area is 174 Å². The first-order chi connectivity index (χ1) is 14.3. The summed E-state index contributed by atoms with van der Waals surface area (Å²) in [5.74, 6) is -1.52. The van der Waals surface area contributed by atoms with Gasteiger partial charge in [0.25, 0.3) is 5.91 Å². The molecular formula is C22H25F2N3O3. The number of nitrogens with one attached hydrogen (secondary N) is 2. The van der Waals surface area contributed by atoms with E-state index in [1.165, 1.54) is 6.07 Å². The monoisotopic (exact) mass is 417 g/mol. The van der Waals surface area contributed by atoms with Crippen LogP contribution in [0.1, 0.15) is 37.0 Å². The Hall–Kier alpha value is -3.16. The summed E-state index contributed by atoms with van der Waals surface area (Å²) in [5.41, 5.74) is 1.00. The first-order valence-electron chi connectivity index (χ1n) is 9.90. The predicted octanol–water partition coefficient (Wildman–Crippen LogP) is 4.18. The molecule has 30 heavy (non-hydrogen) atoms. The summed E-state index contributed by atoms with van der Waals surface area (Å²) >= 11 is 0. The summed E-state index contributed by atoms with van der Waals surface area (Å²) in [6.45, 7) is 4.63. The van der Waals surface area contributed by atoms with Crippen molar-refractivity contribution in [3.63, 3.8) is 0 Å². The van der Waals surface area contributed by atoms with E-state index in [1.807, 2.05) is 13.8 Å². The van der Waals surface area contributed by atoms with Gasteiger partial charge in [-0.1, -0.05) is 6.07 Å². The molecule has 1 aliphatic rings. The van der Waals surface area contributed by atoms with Crippen LogP contribution < -0.4 is 15.4 Å². The number of urea groups is 1. The molecule has 3 amide bonds. The molecule has 2 aromatic carbocycles. The molecule has 1 saturated heterocycles. The number of anilines is 1. The van der Waals surface area contributed by atoms with Crippen molar-refractivity contribution in [3.8, 4) is 5.75 Å². The number of carbonyl (C=O) groups is 2. The SMILES string of the molecule is CC(C)NC(=O)Nc1cccc(C(=O)N2CCC(Oc3ccc(F)cc3F)CC2)c1. The molecule has 1 heterocycles. The molecule has 3 rings (SSSR count). The van der Waals surface area contributed by atoms with Gasteiger partial charge >= 0.3 is 6.03 Å². The Kier molecular flexibility index (Phi) is 6.87. The van der Waals surface area contributed by atoms with E-state index in [0.29, 0.717) is 37.2 Å². The van der Waals surface area contributed by atoms with Crippen molar-refractivity contribution < 1.29 is 23.1 Å². The number of piperidine rings is 1. The van der Waals surface area contributed by atoms with Crippen molar-refractivity contribution >= 4 is 17.6 Å². The van der Waals surface area contributed by atoms with Crippen LogP contribution in [0.4, 0.5) is 19.3 Å². The van der Waals surface area contributed by atoms with Crippen molar-refractivity contribution in [1.29, 1.82) is 0 Å². The molecule has 0 bridgehead atoms. The van der Waals surface area contributed by atoms with Gasteiger partial charge < -0.3 is 20.3 Å². The van der Waals surface area contributed by atoms with Gasteiger partial charge in [0.15, 0.2) is 11.6 Å². The number of ether oxygens (including phenoxy) is 1. The molecule has 0 saturated carbocycles. The van der Waals surface area contributed by atoms with Gasteiger partial charge in [-0.15, -0.1) is 0 Å². The third kappa shape index (κ3) is 5.68. The smallest absolute Gasteiger partial charge is 0.319 e. The van der Waals surface area contributed by atoms with Crippen molar-refractivity contribution in [1.82, 2.24) is 10.2 Å². The lowest BCUT2D eigenvalue weighted by molar-refractivity contribution is 0.0588. The third-order valence-electron chi connectivity index (χ3n) is 4.70. The van der Waals surface area contributed by atoms with Gasteiger partial charge in [-0.2, -0.15) is 0 Å². The number of carbonyl (C=O) groups excluding carboxylic acids is 2. The van der Waals surface area contributed by atoms with Gasteiger partial charge in [0.1, 0.15) is 11.9 Å². The second-order valence-corrected chi connectivity index (χ2v) is 7.52. The molecule has 8 heteroatoms. The van der Waals surface area contributed by atoms with Crippen LogP contribution >= 0.6 is 0 Å². The molecule has 2 aromatic rings. The molecule has 0 unspecified atom stereocenters. The Morgan fingerprint density at radius 3 is 2.50 bits per heavy atom. The van der Waals surface area contributed by atoms with Crippen molar-refractivity contribution in [2.24, 2.45) is 0 Å². The van der Waals surface area contributed by atoms with Crippen LogP contribution in [-0.4, -0.2) is 42.1 Å². The standard InChI is InChI=1S/C22H25F2N3O3/c1-14(2)25-22(29)26-17-5-3-4-15(12-17)21(28)27-10-8-18(9-11-27)30-20-7-6-16(23)13-19(20)24/h3-7,12-14,18H,8-11H2,1-2H3,(H2,25,26,29). The minimum atomic E-state index is -0.737. The number of likely N-dealkylation sites (tertiary alicyclic amines) is 1. The number of halogens is 2. The van der Waals surface area contributed by atoms with E-state index in [1.54, 1.807) is 29.2 Å². The van der Waals surface area contributed by atoms with Crippen molar-refractivity contribution in [3.05, 3.63) is 59.7 Å². The fourth-order valence-electron chi connectivity index (χ4n) is 3.27. The summed E-state index contributed by atoms with van der Waals surface area (Å²) in [6, 6.07) is 9.65. The molecule has 0 atom stereocenters. The number of hydrogen-bond acceptors (Lipinski definition) is 3. The maximum atomic E-state index is 13.8. The second kappa shape index (κ2) is 9.56. The lowest BCUT2D eigenvalue weighted by atomic mass is 10.1. The van der Waals surface area contributed by atoms with E-state index in [9.17, 15) is 18.4 Å². The molecule has 160 valence electrons. The highest BCUT2D eigenvalue weighted by Gasteiger charge is 2.25. The largest absolute Gasteiger partial charge is 0.487 e. The maximum Gasteiger partial charge on any atom is 0.319 e. The minimum absolute atomic E-state index is 0.00159. The highest BCUT2D eigenvalue weighted by atomic mass is 19.1. The van der Waals surface area contributed by atoms with Crippen LogP contribution in [0.2, 0.25) is 0 Å². The summed E-state index contributed by atoms with van der Waals surface area (Å²) in [5, 5.41) is 5.44. The maximum absolute atomic E-state index is 13.8. The predicted molar refractivity (Wildman–Crippen MR) is 110 cm³/mol. The Morgan fingerprint density at radius 2 is 1.83 bits per heavy atom. The van der Waals surface area contributed by atoms with Crippen LogP contribution in [0.15, 0.2) is 42.5 Å². The van der Waals surface area contributed by atoms with Crippen LogP contribution in [-0.2, 0) is 0 Å². The van der Waals surface area contributed by atoms with Gasteiger partial charge in [0, 0.05) is 49.3 Å². The summed E-state index contributed by atoms with van der Waals surface area (Å²) in [6.07, 6.45) is 0.830. The Bertz CT molecular complexity index is 912. The molecule has 1 aliphatic heterocycles. The molecule has 0 radical (unpaired) electrons. The Morgan fingerprint density at radius 1 is 1.10 bits per heavy atom. The molecule has 2 N–H and O–H groups in total. The molecular weight excluding hydrogens is 392 g/mol. The van der Waals surface area contributed by atoms with E-state index in [2.05, 4.69) is 10.6 Å². The summed E-state index contributed by atoms with van der Waals surface area (Å²) < 4.78 is 32.4. The molecule has 0 aliphatic carbocycles. The zero-order valence-corrected chi connectivity index (χ0v) is 17.0. The van der Waals surface area contributed by atoms with Crippen molar-refractivity contribution in [2.75, 3.05) is 18.4 Å². The van der Waals surface area contributed by atoms with Crippen LogP contribution in [0.3, 0.4) is 0 Å². The highest BCUT2D eigenvalue weighted by molar-refractivity contribution is 5.97. The van der Waals surface area contributed by atoms with Gasteiger partial charge in [-0.3, -0.25) is 4.79 Å². The number of hydrogen-bond donors (Lipinski definition) is 2. The zero-order valence-electron chi connectivity index (χ0n) is 17.0. The lowest BCUT2D eigenvalue weighted by Crippen LogP contribution is -2.41. The summed E-state index contributed by atoms with van der Waals surface area (Å²) in [4.78, 5) is 26.4. The third-order valence-corrected chi connectivity index (χ3v) is 4.70. The second-order valence-electron chi connectivity index (χ2n) is 7.52. The van der Waals surface area contributed by atoms with Gasteiger partial charge in [-0.25, -0.2) is 13.6 Å². The summed E-state index contributed by atoms with van der Waals surface area (Å²) in [7, 11) is 0.